The monoisotopic (exact) mass is 296 g/mol. The molecule has 0 atom stereocenters. The largest absolute Gasteiger partial charge is 0.322 e. The lowest BCUT2D eigenvalue weighted by Gasteiger charge is -2.06. The summed E-state index contributed by atoms with van der Waals surface area (Å²) in [5.74, 6) is -0.128. The molecule has 2 heterocycles. The number of aryl methyl sites for hydroxylation is 1. The summed E-state index contributed by atoms with van der Waals surface area (Å²) in [5, 5.41) is 6.87. The molecule has 3 rings (SSSR count). The first-order valence-electron chi connectivity index (χ1n) is 6.67. The quantitative estimate of drug-likeness (QED) is 0.808. The van der Waals surface area contributed by atoms with E-state index in [1.807, 2.05) is 13.0 Å². The lowest BCUT2D eigenvalue weighted by atomic mass is 10.2. The summed E-state index contributed by atoms with van der Waals surface area (Å²) in [5.41, 5.74) is 1.67. The van der Waals surface area contributed by atoms with Crippen LogP contribution in [0.25, 0.3) is 5.82 Å². The molecule has 1 aromatic carbocycles. The maximum atomic E-state index is 13.1. The molecular weight excluding hydrogens is 283 g/mol. The summed E-state index contributed by atoms with van der Waals surface area (Å²) in [6, 6.07) is 10.9. The normalized spacial score (nSPS) is 10.5. The van der Waals surface area contributed by atoms with Crippen LogP contribution in [0.15, 0.2) is 54.9 Å². The van der Waals surface area contributed by atoms with Gasteiger partial charge in [-0.2, -0.15) is 5.10 Å². The second-order valence-electron chi connectivity index (χ2n) is 4.77. The third-order valence-electron chi connectivity index (χ3n) is 3.05. The Bertz CT molecular complexity index is 811. The van der Waals surface area contributed by atoms with Crippen molar-refractivity contribution in [3.05, 3.63) is 71.9 Å². The number of anilines is 1. The third-order valence-corrected chi connectivity index (χ3v) is 3.05. The van der Waals surface area contributed by atoms with Gasteiger partial charge in [-0.1, -0.05) is 6.07 Å². The second kappa shape index (κ2) is 5.77. The molecule has 0 aliphatic rings. The Balaban J connectivity index is 1.76. The minimum atomic E-state index is -0.402. The SMILES string of the molecule is Cc1ccn(-c2ccc(C(=O)Nc3cccc(F)c3)cn2)n1. The fraction of sp³-hybridized carbons (Fsp3) is 0.0625. The highest BCUT2D eigenvalue weighted by Crippen LogP contribution is 2.12. The summed E-state index contributed by atoms with van der Waals surface area (Å²) in [7, 11) is 0. The van der Waals surface area contributed by atoms with E-state index in [9.17, 15) is 9.18 Å². The molecule has 5 nitrogen and oxygen atoms in total. The van der Waals surface area contributed by atoms with Crippen LogP contribution >= 0.6 is 0 Å². The fourth-order valence-corrected chi connectivity index (χ4v) is 1.97. The Labute approximate surface area is 126 Å². The van der Waals surface area contributed by atoms with Crippen LogP contribution in [0.5, 0.6) is 0 Å². The average molecular weight is 296 g/mol. The zero-order valence-corrected chi connectivity index (χ0v) is 11.8. The lowest BCUT2D eigenvalue weighted by molar-refractivity contribution is 0.102. The van der Waals surface area contributed by atoms with Crippen molar-refractivity contribution in [3.8, 4) is 5.82 Å². The molecule has 0 radical (unpaired) electrons. The van der Waals surface area contributed by atoms with E-state index in [0.717, 1.165) is 5.69 Å². The summed E-state index contributed by atoms with van der Waals surface area (Å²) in [6.07, 6.45) is 3.26. The van der Waals surface area contributed by atoms with E-state index in [2.05, 4.69) is 15.4 Å². The molecule has 0 unspecified atom stereocenters. The summed E-state index contributed by atoms with van der Waals surface area (Å²) in [6.45, 7) is 1.89. The fourth-order valence-electron chi connectivity index (χ4n) is 1.97. The molecule has 0 spiro atoms. The Kier molecular flexibility index (Phi) is 3.65. The number of benzene rings is 1. The number of carbonyl (C=O) groups is 1. The van der Waals surface area contributed by atoms with E-state index in [4.69, 9.17) is 0 Å². The van der Waals surface area contributed by atoms with Crippen LogP contribution in [0.4, 0.5) is 10.1 Å². The molecular formula is C16H13FN4O. The van der Waals surface area contributed by atoms with Gasteiger partial charge in [0.05, 0.1) is 11.3 Å². The third kappa shape index (κ3) is 3.01. The van der Waals surface area contributed by atoms with E-state index in [-0.39, 0.29) is 5.91 Å². The molecule has 22 heavy (non-hydrogen) atoms. The van der Waals surface area contributed by atoms with Crippen LogP contribution in [-0.2, 0) is 0 Å². The van der Waals surface area contributed by atoms with E-state index in [1.54, 1.807) is 29.1 Å². The molecule has 0 aliphatic carbocycles. The number of carbonyl (C=O) groups excluding carboxylic acids is 1. The number of nitrogens with zero attached hydrogens (tertiary/aromatic N) is 3. The van der Waals surface area contributed by atoms with Gasteiger partial charge < -0.3 is 5.32 Å². The Hall–Kier alpha value is -3.02. The first-order chi connectivity index (χ1) is 10.6. The summed E-state index contributed by atoms with van der Waals surface area (Å²) >= 11 is 0. The molecule has 0 aliphatic heterocycles. The minimum absolute atomic E-state index is 0.346. The molecule has 3 aromatic rings. The smallest absolute Gasteiger partial charge is 0.257 e. The molecule has 1 N–H and O–H groups in total. The Morgan fingerprint density at radius 3 is 2.73 bits per heavy atom. The standard InChI is InChI=1S/C16H13FN4O/c1-11-7-8-21(20-11)15-6-5-12(10-18-15)16(22)19-14-4-2-3-13(17)9-14/h2-10H,1H3,(H,19,22). The average Bonchev–Trinajstić information content (AvgIpc) is 2.94. The Morgan fingerprint density at radius 2 is 2.09 bits per heavy atom. The van der Waals surface area contributed by atoms with E-state index in [1.165, 1.54) is 24.4 Å². The highest BCUT2D eigenvalue weighted by molar-refractivity contribution is 6.04. The number of amides is 1. The van der Waals surface area contributed by atoms with Crippen molar-refractivity contribution in [1.82, 2.24) is 14.8 Å². The van der Waals surface area contributed by atoms with Crippen molar-refractivity contribution in [2.24, 2.45) is 0 Å². The van der Waals surface area contributed by atoms with Crippen LogP contribution < -0.4 is 5.32 Å². The predicted octanol–water partition coefficient (Wildman–Crippen LogP) is 2.97. The number of hydrogen-bond acceptors (Lipinski definition) is 3. The van der Waals surface area contributed by atoms with Gasteiger partial charge in [-0.15, -0.1) is 0 Å². The van der Waals surface area contributed by atoms with Crippen LogP contribution in [0.3, 0.4) is 0 Å². The van der Waals surface area contributed by atoms with Crippen molar-refractivity contribution >= 4 is 11.6 Å². The number of hydrogen-bond donors (Lipinski definition) is 1. The van der Waals surface area contributed by atoms with Gasteiger partial charge in [0.2, 0.25) is 0 Å². The van der Waals surface area contributed by atoms with Gasteiger partial charge in [0, 0.05) is 18.1 Å². The van der Waals surface area contributed by atoms with Gasteiger partial charge in [0.1, 0.15) is 5.82 Å². The van der Waals surface area contributed by atoms with Gasteiger partial charge in [-0.25, -0.2) is 14.1 Å². The van der Waals surface area contributed by atoms with Gasteiger partial charge in [-0.3, -0.25) is 4.79 Å². The van der Waals surface area contributed by atoms with Crippen LogP contribution in [0.2, 0.25) is 0 Å². The van der Waals surface area contributed by atoms with E-state index in [0.29, 0.717) is 17.1 Å². The molecule has 1 amide bonds. The highest BCUT2D eigenvalue weighted by Gasteiger charge is 2.08. The van der Waals surface area contributed by atoms with Crippen LogP contribution in [0.1, 0.15) is 16.1 Å². The van der Waals surface area contributed by atoms with Crippen molar-refractivity contribution in [1.29, 1.82) is 0 Å². The first kappa shape index (κ1) is 13.9. The first-order valence-corrected chi connectivity index (χ1v) is 6.67. The molecule has 2 aromatic heterocycles. The Morgan fingerprint density at radius 1 is 1.23 bits per heavy atom. The summed E-state index contributed by atoms with van der Waals surface area (Å²) < 4.78 is 14.7. The van der Waals surface area contributed by atoms with Crippen molar-refractivity contribution in [2.75, 3.05) is 5.32 Å². The zero-order valence-electron chi connectivity index (χ0n) is 11.8. The van der Waals surface area contributed by atoms with Crippen molar-refractivity contribution in [3.63, 3.8) is 0 Å². The van der Waals surface area contributed by atoms with E-state index >= 15 is 0 Å². The molecule has 6 heteroatoms. The lowest BCUT2D eigenvalue weighted by Crippen LogP contribution is -2.12. The van der Waals surface area contributed by atoms with Crippen molar-refractivity contribution < 1.29 is 9.18 Å². The van der Waals surface area contributed by atoms with Crippen LogP contribution in [0, 0.1) is 12.7 Å². The highest BCUT2D eigenvalue weighted by atomic mass is 19.1. The zero-order chi connectivity index (χ0) is 15.5. The topological polar surface area (TPSA) is 59.8 Å². The number of nitrogens with one attached hydrogen (secondary N) is 1. The van der Waals surface area contributed by atoms with E-state index < -0.39 is 5.82 Å². The van der Waals surface area contributed by atoms with Crippen LogP contribution in [-0.4, -0.2) is 20.7 Å². The number of halogens is 1. The molecule has 0 saturated carbocycles. The second-order valence-corrected chi connectivity index (χ2v) is 4.77. The molecule has 110 valence electrons. The van der Waals surface area contributed by atoms with Gasteiger partial charge in [-0.05, 0) is 43.3 Å². The summed E-state index contributed by atoms with van der Waals surface area (Å²) in [4.78, 5) is 16.3. The number of aromatic nitrogens is 3. The number of pyridine rings is 1. The van der Waals surface area contributed by atoms with Gasteiger partial charge >= 0.3 is 0 Å². The van der Waals surface area contributed by atoms with Gasteiger partial charge in [0.25, 0.3) is 5.91 Å². The maximum Gasteiger partial charge on any atom is 0.257 e. The predicted molar refractivity (Wildman–Crippen MR) is 80.4 cm³/mol. The molecule has 0 saturated heterocycles. The minimum Gasteiger partial charge on any atom is -0.322 e. The maximum absolute atomic E-state index is 13.1. The van der Waals surface area contributed by atoms with Crippen molar-refractivity contribution in [2.45, 2.75) is 6.92 Å². The molecule has 0 fully saturated rings. The number of rotatable bonds is 3. The molecule has 0 bridgehead atoms. The van der Waals surface area contributed by atoms with Gasteiger partial charge in [0.15, 0.2) is 5.82 Å².